The van der Waals surface area contributed by atoms with E-state index in [2.05, 4.69) is 48.1 Å². The monoisotopic (exact) mass is 269 g/mol. The van der Waals surface area contributed by atoms with Gasteiger partial charge in [0.1, 0.15) is 5.82 Å². The van der Waals surface area contributed by atoms with Crippen molar-refractivity contribution in [3.8, 4) is 5.69 Å². The summed E-state index contributed by atoms with van der Waals surface area (Å²) < 4.78 is 2.09. The second-order valence-electron chi connectivity index (χ2n) is 5.49. The first-order valence-corrected chi connectivity index (χ1v) is 7.77. The molecule has 2 heterocycles. The van der Waals surface area contributed by atoms with E-state index in [4.69, 9.17) is 5.10 Å². The highest BCUT2D eigenvalue weighted by Crippen LogP contribution is 2.29. The number of aromatic nitrogens is 2. The molecule has 0 fully saturated rings. The van der Waals surface area contributed by atoms with Crippen LogP contribution in [0.2, 0.25) is 0 Å². The molecule has 106 valence electrons. The van der Waals surface area contributed by atoms with Crippen LogP contribution in [-0.2, 0) is 19.3 Å². The van der Waals surface area contributed by atoms with E-state index in [0.29, 0.717) is 0 Å². The fourth-order valence-corrected chi connectivity index (χ4v) is 2.85. The predicted molar refractivity (Wildman–Crippen MR) is 83.7 cm³/mol. The van der Waals surface area contributed by atoms with Gasteiger partial charge >= 0.3 is 0 Å². The van der Waals surface area contributed by atoms with Crippen LogP contribution >= 0.6 is 0 Å². The van der Waals surface area contributed by atoms with Gasteiger partial charge in [0.15, 0.2) is 0 Å². The van der Waals surface area contributed by atoms with E-state index >= 15 is 0 Å². The molecule has 0 radical (unpaired) electrons. The molecule has 0 spiro atoms. The molecule has 0 saturated carbocycles. The summed E-state index contributed by atoms with van der Waals surface area (Å²) in [6.45, 7) is 5.46. The van der Waals surface area contributed by atoms with Gasteiger partial charge in [-0.25, -0.2) is 4.68 Å². The zero-order valence-electron chi connectivity index (χ0n) is 12.4. The second-order valence-corrected chi connectivity index (χ2v) is 5.49. The zero-order chi connectivity index (χ0) is 13.9. The second kappa shape index (κ2) is 5.70. The maximum atomic E-state index is 4.85. The van der Waals surface area contributed by atoms with Gasteiger partial charge < -0.3 is 5.32 Å². The molecule has 3 heteroatoms. The van der Waals surface area contributed by atoms with Crippen molar-refractivity contribution in [2.45, 2.75) is 46.0 Å². The lowest BCUT2D eigenvalue weighted by molar-refractivity contribution is 0.744. The van der Waals surface area contributed by atoms with Crippen molar-refractivity contribution in [3.05, 3.63) is 41.1 Å². The molecular formula is C17H23N3. The maximum Gasteiger partial charge on any atom is 0.133 e. The van der Waals surface area contributed by atoms with E-state index < -0.39 is 0 Å². The molecule has 1 aliphatic rings. The first-order valence-electron chi connectivity index (χ1n) is 7.77. The summed E-state index contributed by atoms with van der Waals surface area (Å²) in [5.41, 5.74) is 5.25. The summed E-state index contributed by atoms with van der Waals surface area (Å²) in [6, 6.07) is 8.75. The van der Waals surface area contributed by atoms with Crippen molar-refractivity contribution in [2.24, 2.45) is 0 Å². The predicted octanol–water partition coefficient (Wildman–Crippen LogP) is 3.75. The molecule has 0 bridgehead atoms. The van der Waals surface area contributed by atoms with Gasteiger partial charge in [0.2, 0.25) is 0 Å². The van der Waals surface area contributed by atoms with Gasteiger partial charge in [-0.3, -0.25) is 0 Å². The number of nitrogens with one attached hydrogen (secondary N) is 1. The van der Waals surface area contributed by atoms with Gasteiger partial charge in [-0.15, -0.1) is 0 Å². The van der Waals surface area contributed by atoms with Crippen molar-refractivity contribution < 1.29 is 0 Å². The average Bonchev–Trinajstić information content (AvgIpc) is 3.08. The maximum absolute atomic E-state index is 4.85. The van der Waals surface area contributed by atoms with Crippen LogP contribution in [0, 0.1) is 0 Å². The number of nitrogens with zero attached hydrogens (tertiary/aromatic N) is 2. The number of benzene rings is 1. The number of hydrogen-bond donors (Lipinski definition) is 1. The standard InChI is InChI=1S/C17H23N3/c1-3-5-6-16-15-11-12-18-17(15)20(19-16)14-9-7-13(4-2)8-10-14/h7-10,18H,3-6,11-12H2,1-2H3. The Morgan fingerprint density at radius 3 is 2.70 bits per heavy atom. The van der Waals surface area contributed by atoms with Crippen LogP contribution in [0.25, 0.3) is 5.69 Å². The van der Waals surface area contributed by atoms with Gasteiger partial charge in [0, 0.05) is 12.1 Å². The van der Waals surface area contributed by atoms with Crippen molar-refractivity contribution in [3.63, 3.8) is 0 Å². The van der Waals surface area contributed by atoms with Crippen LogP contribution < -0.4 is 5.32 Å². The van der Waals surface area contributed by atoms with Crippen LogP contribution in [0.3, 0.4) is 0 Å². The lowest BCUT2D eigenvalue weighted by Crippen LogP contribution is -2.05. The summed E-state index contributed by atoms with van der Waals surface area (Å²) in [7, 11) is 0. The fraction of sp³-hybridized carbons (Fsp3) is 0.471. The normalized spacial score (nSPS) is 13.3. The Labute approximate surface area is 121 Å². The summed E-state index contributed by atoms with van der Waals surface area (Å²) in [6.07, 6.45) is 5.73. The molecule has 1 aromatic heterocycles. The first kappa shape index (κ1) is 13.2. The average molecular weight is 269 g/mol. The Bertz CT molecular complexity index is 581. The molecule has 0 aliphatic carbocycles. The van der Waals surface area contributed by atoms with E-state index in [1.807, 2.05) is 0 Å². The molecule has 1 aliphatic heterocycles. The Kier molecular flexibility index (Phi) is 3.77. The Morgan fingerprint density at radius 1 is 1.20 bits per heavy atom. The van der Waals surface area contributed by atoms with Crippen molar-refractivity contribution >= 4 is 5.82 Å². The summed E-state index contributed by atoms with van der Waals surface area (Å²) in [5.74, 6) is 1.21. The summed E-state index contributed by atoms with van der Waals surface area (Å²) in [4.78, 5) is 0. The zero-order valence-corrected chi connectivity index (χ0v) is 12.4. The molecule has 20 heavy (non-hydrogen) atoms. The van der Waals surface area contributed by atoms with Gasteiger partial charge in [-0.1, -0.05) is 32.4 Å². The Morgan fingerprint density at radius 2 is 2.00 bits per heavy atom. The van der Waals surface area contributed by atoms with Crippen LogP contribution in [0.4, 0.5) is 5.82 Å². The minimum Gasteiger partial charge on any atom is -0.369 e. The molecule has 3 nitrogen and oxygen atoms in total. The van der Waals surface area contributed by atoms with Crippen LogP contribution in [0.1, 0.15) is 43.5 Å². The van der Waals surface area contributed by atoms with Crippen LogP contribution in [0.5, 0.6) is 0 Å². The van der Waals surface area contributed by atoms with Crippen LogP contribution in [0.15, 0.2) is 24.3 Å². The number of fused-ring (bicyclic) bond motifs is 1. The minimum absolute atomic E-state index is 1.04. The third-order valence-electron chi connectivity index (χ3n) is 4.09. The molecule has 0 saturated heterocycles. The molecule has 3 rings (SSSR count). The molecule has 0 atom stereocenters. The van der Waals surface area contributed by atoms with Crippen molar-refractivity contribution in [1.82, 2.24) is 9.78 Å². The van der Waals surface area contributed by atoms with E-state index in [9.17, 15) is 0 Å². The molecule has 1 N–H and O–H groups in total. The molecule has 2 aromatic rings. The largest absolute Gasteiger partial charge is 0.369 e. The van der Waals surface area contributed by atoms with Gasteiger partial charge in [0.05, 0.1) is 11.4 Å². The number of anilines is 1. The molecule has 0 amide bonds. The smallest absolute Gasteiger partial charge is 0.133 e. The quantitative estimate of drug-likeness (QED) is 0.896. The van der Waals surface area contributed by atoms with E-state index in [0.717, 1.165) is 31.5 Å². The number of rotatable bonds is 5. The lowest BCUT2D eigenvalue weighted by Gasteiger charge is -2.07. The Balaban J connectivity index is 1.96. The third-order valence-corrected chi connectivity index (χ3v) is 4.09. The molecule has 0 unspecified atom stereocenters. The number of unbranched alkanes of at least 4 members (excludes halogenated alkanes) is 1. The highest BCUT2D eigenvalue weighted by Gasteiger charge is 2.22. The Hall–Kier alpha value is -1.77. The van der Waals surface area contributed by atoms with Crippen molar-refractivity contribution in [1.29, 1.82) is 0 Å². The highest BCUT2D eigenvalue weighted by atomic mass is 15.3. The van der Waals surface area contributed by atoms with Crippen molar-refractivity contribution in [2.75, 3.05) is 11.9 Å². The molecular weight excluding hydrogens is 246 g/mol. The highest BCUT2D eigenvalue weighted by molar-refractivity contribution is 5.57. The minimum atomic E-state index is 1.04. The fourth-order valence-electron chi connectivity index (χ4n) is 2.85. The van der Waals surface area contributed by atoms with Gasteiger partial charge in [-0.05, 0) is 43.4 Å². The van der Waals surface area contributed by atoms with E-state index in [1.54, 1.807) is 0 Å². The lowest BCUT2D eigenvalue weighted by atomic mass is 10.1. The summed E-state index contributed by atoms with van der Waals surface area (Å²) >= 11 is 0. The van der Waals surface area contributed by atoms with E-state index in [1.165, 1.54) is 35.5 Å². The number of aryl methyl sites for hydroxylation is 2. The van der Waals surface area contributed by atoms with Gasteiger partial charge in [0.25, 0.3) is 0 Å². The first-order chi connectivity index (χ1) is 9.83. The topological polar surface area (TPSA) is 29.9 Å². The van der Waals surface area contributed by atoms with E-state index in [-0.39, 0.29) is 0 Å². The SMILES string of the molecule is CCCCc1nn(-c2ccc(CC)cc2)c2c1CCN2. The number of hydrogen-bond acceptors (Lipinski definition) is 2. The van der Waals surface area contributed by atoms with Crippen LogP contribution in [-0.4, -0.2) is 16.3 Å². The summed E-state index contributed by atoms with van der Waals surface area (Å²) in [5, 5.41) is 8.34. The molecule has 1 aromatic carbocycles. The van der Waals surface area contributed by atoms with Gasteiger partial charge in [-0.2, -0.15) is 5.10 Å². The third kappa shape index (κ3) is 2.33.